The van der Waals surface area contributed by atoms with E-state index in [2.05, 4.69) is 4.42 Å². The Morgan fingerprint density at radius 2 is 2.57 bits per heavy atom. The van der Waals surface area contributed by atoms with Gasteiger partial charge in [-0.05, 0) is 6.07 Å². The molecule has 3 heteroatoms. The minimum absolute atomic E-state index is 0.0212. The SMILES string of the molecule is O=Pc1ccoc1. The van der Waals surface area contributed by atoms with Crippen LogP contribution in [-0.4, -0.2) is 0 Å². The maximum absolute atomic E-state index is 9.90. The molecule has 0 spiro atoms. The summed E-state index contributed by atoms with van der Waals surface area (Å²) in [4.78, 5) is 0. The summed E-state index contributed by atoms with van der Waals surface area (Å²) in [6, 6.07) is 1.65. The van der Waals surface area contributed by atoms with Crippen LogP contribution >= 0.6 is 8.46 Å². The predicted octanol–water partition coefficient (Wildman–Crippen LogP) is 1.20. The van der Waals surface area contributed by atoms with Crippen molar-refractivity contribution in [3.8, 4) is 0 Å². The molecule has 0 aliphatic rings. The Balaban J connectivity index is 2.96. The van der Waals surface area contributed by atoms with Gasteiger partial charge in [-0.2, -0.15) is 0 Å². The molecule has 1 heterocycles. The molecule has 0 fully saturated rings. The van der Waals surface area contributed by atoms with E-state index in [9.17, 15) is 4.57 Å². The fourth-order valence-electron chi connectivity index (χ4n) is 0.309. The molecule has 0 N–H and O–H groups in total. The van der Waals surface area contributed by atoms with Crippen molar-refractivity contribution in [1.29, 1.82) is 0 Å². The van der Waals surface area contributed by atoms with E-state index in [1.54, 1.807) is 6.07 Å². The van der Waals surface area contributed by atoms with Crippen molar-refractivity contribution in [3.05, 3.63) is 18.6 Å². The average Bonchev–Trinajstić information content (AvgIpc) is 2.14. The first kappa shape index (κ1) is 4.54. The van der Waals surface area contributed by atoms with Gasteiger partial charge in [0.25, 0.3) is 0 Å². The Kier molecular flexibility index (Phi) is 1.23. The van der Waals surface area contributed by atoms with Crippen molar-refractivity contribution < 1.29 is 8.98 Å². The lowest BCUT2D eigenvalue weighted by Gasteiger charge is -1.61. The second-order valence-electron chi connectivity index (χ2n) is 1.07. The topological polar surface area (TPSA) is 30.2 Å². The molecule has 1 rings (SSSR count). The van der Waals surface area contributed by atoms with Gasteiger partial charge in [-0.15, -0.1) is 0 Å². The largest absolute Gasteiger partial charge is 0.471 e. The zero-order valence-corrected chi connectivity index (χ0v) is 4.39. The highest BCUT2D eigenvalue weighted by Crippen LogP contribution is 1.93. The van der Waals surface area contributed by atoms with E-state index in [0.29, 0.717) is 5.30 Å². The van der Waals surface area contributed by atoms with Gasteiger partial charge in [0.15, 0.2) is 8.46 Å². The molecular weight excluding hydrogens is 111 g/mol. The standard InChI is InChI=1S/C4H3O2P/c5-7-4-1-2-6-3-4/h1-3H. The zero-order chi connectivity index (χ0) is 5.11. The molecule has 0 aromatic carbocycles. The van der Waals surface area contributed by atoms with Crippen LogP contribution in [0.3, 0.4) is 0 Å². The molecule has 0 bridgehead atoms. The third kappa shape index (κ3) is 0.875. The summed E-state index contributed by atoms with van der Waals surface area (Å²) >= 11 is 0. The molecule has 1 aromatic rings. The van der Waals surface area contributed by atoms with Crippen LogP contribution in [0, 0.1) is 0 Å². The first-order valence-corrected chi connectivity index (χ1v) is 2.60. The molecule has 0 amide bonds. The van der Waals surface area contributed by atoms with E-state index in [4.69, 9.17) is 0 Å². The minimum Gasteiger partial charge on any atom is -0.471 e. The number of furan rings is 1. The average molecular weight is 114 g/mol. The van der Waals surface area contributed by atoms with Crippen molar-refractivity contribution in [2.45, 2.75) is 0 Å². The summed E-state index contributed by atoms with van der Waals surface area (Å²) in [6.45, 7) is 0. The monoisotopic (exact) mass is 114 g/mol. The maximum Gasteiger partial charge on any atom is 0.195 e. The van der Waals surface area contributed by atoms with Crippen molar-refractivity contribution in [2.24, 2.45) is 0 Å². The summed E-state index contributed by atoms with van der Waals surface area (Å²) < 4.78 is 14.5. The van der Waals surface area contributed by atoms with Crippen LogP contribution in [0.25, 0.3) is 0 Å². The van der Waals surface area contributed by atoms with Crippen LogP contribution in [0.2, 0.25) is 0 Å². The Morgan fingerprint density at radius 1 is 1.71 bits per heavy atom. The van der Waals surface area contributed by atoms with Crippen LogP contribution in [-0.2, 0) is 4.57 Å². The lowest BCUT2D eigenvalue weighted by atomic mass is 10.7. The summed E-state index contributed by atoms with van der Waals surface area (Å²) in [7, 11) is 0.0212. The van der Waals surface area contributed by atoms with E-state index in [-0.39, 0.29) is 8.46 Å². The molecule has 0 unspecified atom stereocenters. The molecular formula is C4H3O2P. The molecule has 2 nitrogen and oxygen atoms in total. The zero-order valence-electron chi connectivity index (χ0n) is 3.50. The third-order valence-corrected chi connectivity index (χ3v) is 1.08. The van der Waals surface area contributed by atoms with Crippen LogP contribution in [0.5, 0.6) is 0 Å². The summed E-state index contributed by atoms with van der Waals surface area (Å²) in [5, 5.41) is 0.681. The van der Waals surface area contributed by atoms with Crippen LogP contribution in [0.15, 0.2) is 23.0 Å². The van der Waals surface area contributed by atoms with E-state index >= 15 is 0 Å². The van der Waals surface area contributed by atoms with Crippen molar-refractivity contribution in [3.63, 3.8) is 0 Å². The van der Waals surface area contributed by atoms with Crippen molar-refractivity contribution in [1.82, 2.24) is 0 Å². The predicted molar refractivity (Wildman–Crippen MR) is 25.9 cm³/mol. The van der Waals surface area contributed by atoms with Gasteiger partial charge < -0.3 is 4.42 Å². The Morgan fingerprint density at radius 3 is 2.86 bits per heavy atom. The Bertz CT molecular complexity index is 145. The van der Waals surface area contributed by atoms with E-state index in [1.165, 1.54) is 12.5 Å². The molecule has 0 radical (unpaired) electrons. The molecule has 0 saturated heterocycles. The van der Waals surface area contributed by atoms with Crippen molar-refractivity contribution in [2.75, 3.05) is 0 Å². The third-order valence-electron chi connectivity index (χ3n) is 0.612. The minimum atomic E-state index is 0.0212. The highest BCUT2D eigenvalue weighted by Gasteiger charge is 1.86. The van der Waals surface area contributed by atoms with E-state index < -0.39 is 0 Å². The van der Waals surface area contributed by atoms with E-state index in [1.807, 2.05) is 0 Å². The number of hydrogen-bond donors (Lipinski definition) is 0. The molecule has 0 atom stereocenters. The second kappa shape index (κ2) is 1.90. The Labute approximate surface area is 42.3 Å². The first-order valence-electron chi connectivity index (χ1n) is 1.79. The highest BCUT2D eigenvalue weighted by molar-refractivity contribution is 7.34. The number of hydrogen-bond acceptors (Lipinski definition) is 2. The lowest BCUT2D eigenvalue weighted by Crippen LogP contribution is -1.77. The van der Waals surface area contributed by atoms with Crippen LogP contribution in [0.4, 0.5) is 0 Å². The molecule has 0 aliphatic heterocycles. The van der Waals surface area contributed by atoms with Gasteiger partial charge in [-0.1, -0.05) is 0 Å². The summed E-state index contributed by atoms with van der Waals surface area (Å²) in [5.74, 6) is 0. The maximum atomic E-state index is 9.90. The first-order chi connectivity index (χ1) is 3.43. The lowest BCUT2D eigenvalue weighted by molar-refractivity contribution is 0.568. The van der Waals surface area contributed by atoms with Crippen LogP contribution < -0.4 is 5.30 Å². The summed E-state index contributed by atoms with van der Waals surface area (Å²) in [6.07, 6.45) is 2.93. The van der Waals surface area contributed by atoms with Gasteiger partial charge in [0, 0.05) is 0 Å². The van der Waals surface area contributed by atoms with Crippen molar-refractivity contribution >= 4 is 13.8 Å². The normalized spacial score (nSPS) is 9.71. The van der Waals surface area contributed by atoms with Gasteiger partial charge in [0.2, 0.25) is 0 Å². The highest BCUT2D eigenvalue weighted by atomic mass is 31.1. The smallest absolute Gasteiger partial charge is 0.195 e. The van der Waals surface area contributed by atoms with Crippen LogP contribution in [0.1, 0.15) is 0 Å². The second-order valence-corrected chi connectivity index (χ2v) is 1.77. The molecule has 0 saturated carbocycles. The van der Waals surface area contributed by atoms with Gasteiger partial charge in [0.1, 0.15) is 6.26 Å². The number of rotatable bonds is 1. The fraction of sp³-hybridized carbons (Fsp3) is 0. The fourth-order valence-corrected chi connectivity index (χ4v) is 0.535. The van der Waals surface area contributed by atoms with Gasteiger partial charge >= 0.3 is 0 Å². The van der Waals surface area contributed by atoms with E-state index in [0.717, 1.165) is 0 Å². The van der Waals surface area contributed by atoms with Gasteiger partial charge in [-0.3, -0.25) is 4.57 Å². The van der Waals surface area contributed by atoms with Gasteiger partial charge in [0.05, 0.1) is 11.6 Å². The Hall–Kier alpha value is -0.620. The molecule has 0 aliphatic carbocycles. The molecule has 7 heavy (non-hydrogen) atoms. The van der Waals surface area contributed by atoms with Gasteiger partial charge in [-0.25, -0.2) is 0 Å². The summed E-state index contributed by atoms with van der Waals surface area (Å²) in [5.41, 5.74) is 0. The quantitative estimate of drug-likeness (QED) is 0.513. The molecule has 36 valence electrons. The molecule has 1 aromatic heterocycles.